The molecule has 1 N–H and O–H groups in total. The molecule has 0 radical (unpaired) electrons. The summed E-state index contributed by atoms with van der Waals surface area (Å²) < 4.78 is 34.8. The Balaban J connectivity index is 1.60. The number of pyridine rings is 2. The van der Waals surface area contributed by atoms with Gasteiger partial charge in [0.2, 0.25) is 5.91 Å². The van der Waals surface area contributed by atoms with Crippen LogP contribution < -0.4 is 15.1 Å². The summed E-state index contributed by atoms with van der Waals surface area (Å²) in [6.45, 7) is 5.30. The highest BCUT2D eigenvalue weighted by molar-refractivity contribution is 5.98. The van der Waals surface area contributed by atoms with Gasteiger partial charge in [-0.2, -0.15) is 0 Å². The minimum atomic E-state index is -0.702. The Hall–Kier alpha value is -3.53. The van der Waals surface area contributed by atoms with E-state index in [1.165, 1.54) is 6.07 Å². The molecule has 0 aliphatic carbocycles. The molecule has 1 amide bonds. The summed E-state index contributed by atoms with van der Waals surface area (Å²) in [5, 5.41) is 3.54. The van der Waals surface area contributed by atoms with Gasteiger partial charge in [-0.1, -0.05) is 0 Å². The zero-order valence-corrected chi connectivity index (χ0v) is 20.7. The van der Waals surface area contributed by atoms with E-state index in [2.05, 4.69) is 20.2 Å². The smallest absolute Gasteiger partial charge is 0.244 e. The second kappa shape index (κ2) is 9.85. The van der Waals surface area contributed by atoms with E-state index in [0.717, 1.165) is 31.3 Å². The van der Waals surface area contributed by atoms with E-state index < -0.39 is 11.6 Å². The number of ether oxygens (including phenoxy) is 1. The van der Waals surface area contributed by atoms with Crippen LogP contribution in [0.1, 0.15) is 18.4 Å². The summed E-state index contributed by atoms with van der Waals surface area (Å²) in [5.41, 5.74) is 2.96. The highest BCUT2D eigenvalue weighted by Gasteiger charge is 2.34. The highest BCUT2D eigenvalue weighted by Crippen LogP contribution is 2.39. The van der Waals surface area contributed by atoms with Crippen LogP contribution in [0.5, 0.6) is 0 Å². The summed E-state index contributed by atoms with van der Waals surface area (Å²) >= 11 is 0. The van der Waals surface area contributed by atoms with Crippen molar-refractivity contribution >= 4 is 39.7 Å². The van der Waals surface area contributed by atoms with Gasteiger partial charge in [-0.05, 0) is 25.8 Å². The molecule has 2 aliphatic heterocycles. The minimum Gasteiger partial charge on any atom is -0.378 e. The number of morpholine rings is 1. The molecule has 8 nitrogen and oxygen atoms in total. The number of rotatable bonds is 5. The second-order valence-electron chi connectivity index (χ2n) is 9.46. The summed E-state index contributed by atoms with van der Waals surface area (Å²) in [5.74, 6) is -0.873. The van der Waals surface area contributed by atoms with Crippen LogP contribution in [0, 0.1) is 18.6 Å². The first-order chi connectivity index (χ1) is 17.3. The fraction of sp³-hybridized carbons (Fsp3) is 0.423. The molecule has 2 fully saturated rings. The number of nitrogens with zero attached hydrogens (tertiary/aromatic N) is 5. The van der Waals surface area contributed by atoms with Crippen LogP contribution in [0.4, 0.5) is 31.7 Å². The number of carbonyl (C=O) groups excluding carboxylic acids is 1. The van der Waals surface area contributed by atoms with Gasteiger partial charge in [0.25, 0.3) is 0 Å². The molecule has 4 heterocycles. The Labute approximate surface area is 208 Å². The first-order valence-electron chi connectivity index (χ1n) is 12.2. The third-order valence-electron chi connectivity index (χ3n) is 6.84. The largest absolute Gasteiger partial charge is 0.378 e. The molecule has 2 aliphatic rings. The van der Waals surface area contributed by atoms with Crippen molar-refractivity contribution in [2.24, 2.45) is 0 Å². The molecule has 3 aromatic rings. The first-order valence-corrected chi connectivity index (χ1v) is 12.2. The third kappa shape index (κ3) is 4.53. The van der Waals surface area contributed by atoms with Crippen LogP contribution in [0.15, 0.2) is 30.6 Å². The van der Waals surface area contributed by atoms with Crippen molar-refractivity contribution in [3.8, 4) is 0 Å². The molecule has 36 heavy (non-hydrogen) atoms. The van der Waals surface area contributed by atoms with Crippen molar-refractivity contribution in [3.63, 3.8) is 0 Å². The highest BCUT2D eigenvalue weighted by atomic mass is 19.1. The van der Waals surface area contributed by atoms with Gasteiger partial charge in [0.1, 0.15) is 23.5 Å². The maximum atomic E-state index is 15.1. The van der Waals surface area contributed by atoms with Gasteiger partial charge >= 0.3 is 0 Å². The van der Waals surface area contributed by atoms with Crippen LogP contribution >= 0.6 is 0 Å². The molecule has 190 valence electrons. The number of fused-ring (bicyclic) bond motifs is 1. The number of benzene rings is 1. The van der Waals surface area contributed by atoms with E-state index >= 15 is 4.39 Å². The predicted octanol–water partition coefficient (Wildman–Crippen LogP) is 3.85. The summed E-state index contributed by atoms with van der Waals surface area (Å²) in [6, 6.07) is 3.68. The van der Waals surface area contributed by atoms with Crippen LogP contribution in [0.25, 0.3) is 10.9 Å². The van der Waals surface area contributed by atoms with Crippen molar-refractivity contribution < 1.29 is 18.3 Å². The molecule has 0 spiro atoms. The summed E-state index contributed by atoms with van der Waals surface area (Å²) in [6.07, 6.45) is 4.99. The number of aromatic nitrogens is 2. The zero-order chi connectivity index (χ0) is 25.4. The molecule has 1 atom stereocenters. The van der Waals surface area contributed by atoms with Gasteiger partial charge in [-0.3, -0.25) is 9.78 Å². The maximum absolute atomic E-state index is 15.1. The molecule has 2 saturated heterocycles. The summed E-state index contributed by atoms with van der Waals surface area (Å²) in [7, 11) is 3.46. The lowest BCUT2D eigenvalue weighted by molar-refractivity contribution is -0.129. The first kappa shape index (κ1) is 24.2. The fourth-order valence-electron chi connectivity index (χ4n) is 5.04. The number of hydrogen-bond donors (Lipinski definition) is 1. The van der Waals surface area contributed by atoms with Crippen LogP contribution in [0.3, 0.4) is 0 Å². The standard InChI is InChI=1S/C26H30F2N6O2/c1-16-24(30-18-13-19(15-29-14-18)33-7-9-36-10-8-33)23-20(28)11-17(27)12-21(23)31-25(16)34-6-4-5-22(34)26(35)32(2)3/h11-15,22H,4-10H2,1-3H3,(H,30,31). The van der Waals surface area contributed by atoms with E-state index in [0.29, 0.717) is 48.9 Å². The minimum absolute atomic E-state index is 0.0175. The van der Waals surface area contributed by atoms with E-state index in [4.69, 9.17) is 4.74 Å². The predicted molar refractivity (Wildman–Crippen MR) is 136 cm³/mol. The molecule has 5 rings (SSSR count). The van der Waals surface area contributed by atoms with Crippen molar-refractivity contribution in [1.29, 1.82) is 0 Å². The van der Waals surface area contributed by atoms with Gasteiger partial charge < -0.3 is 24.8 Å². The number of halogens is 2. The molecule has 0 bridgehead atoms. The lowest BCUT2D eigenvalue weighted by Crippen LogP contribution is -2.43. The van der Waals surface area contributed by atoms with Crippen molar-refractivity contribution in [2.45, 2.75) is 25.8 Å². The van der Waals surface area contributed by atoms with Gasteiger partial charge in [0.05, 0.1) is 53.6 Å². The van der Waals surface area contributed by atoms with Crippen molar-refractivity contribution in [1.82, 2.24) is 14.9 Å². The number of likely N-dealkylation sites (N-methyl/N-ethyl adjacent to an activating group) is 1. The number of anilines is 4. The van der Waals surface area contributed by atoms with E-state index in [1.807, 2.05) is 17.9 Å². The molecule has 1 unspecified atom stereocenters. The normalized spacial score (nSPS) is 18.1. The average molecular weight is 497 g/mol. The molecule has 10 heteroatoms. The molecule has 1 aromatic carbocycles. The zero-order valence-electron chi connectivity index (χ0n) is 20.7. The van der Waals surface area contributed by atoms with Crippen LogP contribution in [-0.4, -0.2) is 73.8 Å². The Morgan fingerprint density at radius 1 is 1.14 bits per heavy atom. The Morgan fingerprint density at radius 2 is 1.92 bits per heavy atom. The Bertz CT molecular complexity index is 1300. The van der Waals surface area contributed by atoms with Crippen LogP contribution in [-0.2, 0) is 9.53 Å². The summed E-state index contributed by atoms with van der Waals surface area (Å²) in [4.78, 5) is 27.6. The van der Waals surface area contributed by atoms with Gasteiger partial charge in [0, 0.05) is 51.4 Å². The van der Waals surface area contributed by atoms with E-state index in [1.54, 1.807) is 31.4 Å². The quantitative estimate of drug-likeness (QED) is 0.575. The second-order valence-corrected chi connectivity index (χ2v) is 9.46. The number of nitrogens with one attached hydrogen (secondary N) is 1. The van der Waals surface area contributed by atoms with Crippen molar-refractivity contribution in [3.05, 3.63) is 47.8 Å². The molecular weight excluding hydrogens is 466 g/mol. The molecular formula is C26H30F2N6O2. The Kier molecular flexibility index (Phi) is 6.61. The molecule has 0 saturated carbocycles. The number of amides is 1. The number of hydrogen-bond acceptors (Lipinski definition) is 7. The lowest BCUT2D eigenvalue weighted by Gasteiger charge is -2.30. The fourth-order valence-corrected chi connectivity index (χ4v) is 5.04. The van der Waals surface area contributed by atoms with Gasteiger partial charge in [-0.25, -0.2) is 13.8 Å². The monoisotopic (exact) mass is 496 g/mol. The third-order valence-corrected chi connectivity index (χ3v) is 6.84. The van der Waals surface area contributed by atoms with Crippen LogP contribution in [0.2, 0.25) is 0 Å². The van der Waals surface area contributed by atoms with E-state index in [9.17, 15) is 9.18 Å². The lowest BCUT2D eigenvalue weighted by atomic mass is 10.1. The van der Waals surface area contributed by atoms with E-state index in [-0.39, 0.29) is 22.9 Å². The van der Waals surface area contributed by atoms with Gasteiger partial charge in [0.15, 0.2) is 0 Å². The molecule has 2 aromatic heterocycles. The van der Waals surface area contributed by atoms with Crippen molar-refractivity contribution in [2.75, 3.05) is 62.1 Å². The average Bonchev–Trinajstić information content (AvgIpc) is 3.35. The topological polar surface area (TPSA) is 73.8 Å². The number of carbonyl (C=O) groups is 1. The Morgan fingerprint density at radius 3 is 2.67 bits per heavy atom. The SMILES string of the molecule is Cc1c(N2CCCC2C(=O)N(C)C)nc2cc(F)cc(F)c2c1Nc1cncc(N2CCOCC2)c1. The maximum Gasteiger partial charge on any atom is 0.244 e. The van der Waals surface area contributed by atoms with Gasteiger partial charge in [-0.15, -0.1) is 0 Å².